The van der Waals surface area contributed by atoms with Crippen LogP contribution in [0, 0.1) is 0 Å². The smallest absolute Gasteiger partial charge is 0.399 e. The van der Waals surface area contributed by atoms with Crippen molar-refractivity contribution < 1.29 is 14.5 Å². The number of hydrogen-bond acceptors (Lipinski definition) is 6. The molecule has 0 aromatic carbocycles. The average molecular weight is 219 g/mol. The Morgan fingerprint density at radius 3 is 2.50 bits per heavy atom. The van der Waals surface area contributed by atoms with Crippen molar-refractivity contribution in [1.29, 1.82) is 0 Å². The lowest BCUT2D eigenvalue weighted by Crippen LogP contribution is -2.18. The predicted molar refractivity (Wildman–Crippen MR) is 56.6 cm³/mol. The molecule has 0 aliphatic carbocycles. The molecule has 0 heterocycles. The predicted octanol–water partition coefficient (Wildman–Crippen LogP) is 1.04. The molecule has 0 atom stereocenters. The van der Waals surface area contributed by atoms with Gasteiger partial charge in [-0.25, -0.2) is 4.79 Å². The lowest BCUT2D eigenvalue weighted by molar-refractivity contribution is 0.153. The number of rotatable bonds is 3. The molecule has 6 nitrogen and oxygen atoms in total. The largest absolute Gasteiger partial charge is 0.433 e. The highest BCUT2D eigenvalue weighted by atomic mass is 32.2. The van der Waals surface area contributed by atoms with E-state index in [-0.39, 0.29) is 0 Å². The maximum atomic E-state index is 10.7. The van der Waals surface area contributed by atoms with Gasteiger partial charge in [0.05, 0.1) is 0 Å². The van der Waals surface area contributed by atoms with Crippen molar-refractivity contribution in [3.05, 3.63) is 0 Å². The first kappa shape index (κ1) is 12.8. The van der Waals surface area contributed by atoms with Gasteiger partial charge in [-0.15, -0.1) is 11.8 Å². The Kier molecular flexibility index (Phi) is 6.55. The van der Waals surface area contributed by atoms with E-state index in [9.17, 15) is 4.79 Å². The van der Waals surface area contributed by atoms with Crippen molar-refractivity contribution in [3.8, 4) is 0 Å². The van der Waals surface area contributed by atoms with Gasteiger partial charge in [-0.05, 0) is 13.2 Å². The van der Waals surface area contributed by atoms with Gasteiger partial charge in [-0.3, -0.25) is 4.84 Å². The molecule has 0 spiro atoms. The highest BCUT2D eigenvalue weighted by Crippen LogP contribution is 2.02. The van der Waals surface area contributed by atoms with E-state index in [4.69, 9.17) is 0 Å². The lowest BCUT2D eigenvalue weighted by atomic mass is 10.5. The molecular formula is C7H13N3O3S. The summed E-state index contributed by atoms with van der Waals surface area (Å²) in [5, 5.41) is 9.99. The summed E-state index contributed by atoms with van der Waals surface area (Å²) in [4.78, 5) is 19.7. The molecule has 0 rings (SSSR count). The van der Waals surface area contributed by atoms with Crippen LogP contribution in [-0.4, -0.2) is 37.3 Å². The summed E-state index contributed by atoms with van der Waals surface area (Å²) in [6.45, 7) is 1.70. The molecule has 0 saturated heterocycles. The standard InChI is InChI=1S/C7H13N3O3S/c1-5(9-12-3)6(14-4)10-13-7(11)8-2/h1-4H3,(H,8,11). The number of carbonyl (C=O) groups excluding carboxylic acids is 1. The van der Waals surface area contributed by atoms with E-state index < -0.39 is 6.09 Å². The van der Waals surface area contributed by atoms with E-state index in [0.717, 1.165) is 0 Å². The van der Waals surface area contributed by atoms with E-state index in [1.54, 1.807) is 13.2 Å². The summed E-state index contributed by atoms with van der Waals surface area (Å²) in [5.74, 6) is 0. The molecule has 80 valence electrons. The van der Waals surface area contributed by atoms with Crippen LogP contribution in [0.1, 0.15) is 6.92 Å². The van der Waals surface area contributed by atoms with Crippen LogP contribution in [0.5, 0.6) is 0 Å². The second-order valence-electron chi connectivity index (χ2n) is 2.09. The van der Waals surface area contributed by atoms with Crippen LogP contribution in [-0.2, 0) is 9.68 Å². The Labute approximate surface area is 86.7 Å². The molecule has 1 N–H and O–H groups in total. The van der Waals surface area contributed by atoms with Crippen LogP contribution in [0.25, 0.3) is 0 Å². The molecule has 0 radical (unpaired) electrons. The second kappa shape index (κ2) is 7.19. The third-order valence-electron chi connectivity index (χ3n) is 1.15. The molecule has 14 heavy (non-hydrogen) atoms. The quantitative estimate of drug-likeness (QED) is 0.333. The minimum atomic E-state index is -0.623. The van der Waals surface area contributed by atoms with E-state index in [2.05, 4.69) is 25.3 Å². The van der Waals surface area contributed by atoms with Crippen molar-refractivity contribution in [1.82, 2.24) is 5.32 Å². The first-order valence-electron chi connectivity index (χ1n) is 3.74. The van der Waals surface area contributed by atoms with Gasteiger partial charge in [0.2, 0.25) is 0 Å². The van der Waals surface area contributed by atoms with Crippen molar-refractivity contribution in [2.45, 2.75) is 6.92 Å². The summed E-state index contributed by atoms with van der Waals surface area (Å²) in [7, 11) is 2.88. The van der Waals surface area contributed by atoms with Gasteiger partial charge in [0.15, 0.2) is 5.04 Å². The number of nitrogens with one attached hydrogen (secondary N) is 1. The minimum absolute atomic E-state index is 0.482. The van der Waals surface area contributed by atoms with Gasteiger partial charge in [0.1, 0.15) is 12.8 Å². The Hall–Kier alpha value is -1.24. The van der Waals surface area contributed by atoms with Gasteiger partial charge in [0, 0.05) is 7.05 Å². The van der Waals surface area contributed by atoms with Crippen molar-refractivity contribution in [2.24, 2.45) is 10.3 Å². The minimum Gasteiger partial charge on any atom is -0.399 e. The van der Waals surface area contributed by atoms with Crippen LogP contribution in [0.3, 0.4) is 0 Å². The zero-order chi connectivity index (χ0) is 11.0. The zero-order valence-electron chi connectivity index (χ0n) is 8.53. The van der Waals surface area contributed by atoms with Gasteiger partial charge < -0.3 is 10.2 Å². The number of hydrogen-bond donors (Lipinski definition) is 1. The fourth-order valence-electron chi connectivity index (χ4n) is 0.556. The van der Waals surface area contributed by atoms with E-state index in [0.29, 0.717) is 10.8 Å². The first-order valence-corrected chi connectivity index (χ1v) is 4.97. The Bertz CT molecular complexity index is 253. The van der Waals surface area contributed by atoms with Gasteiger partial charge in [-0.1, -0.05) is 10.3 Å². The molecule has 0 bridgehead atoms. The van der Waals surface area contributed by atoms with Crippen molar-refractivity contribution >= 4 is 28.6 Å². The summed E-state index contributed by atoms with van der Waals surface area (Å²) in [6.07, 6.45) is 1.17. The van der Waals surface area contributed by atoms with Crippen LogP contribution in [0.4, 0.5) is 4.79 Å². The summed E-state index contributed by atoms with van der Waals surface area (Å²) >= 11 is 1.30. The van der Waals surface area contributed by atoms with Gasteiger partial charge in [-0.2, -0.15) is 0 Å². The van der Waals surface area contributed by atoms with Crippen LogP contribution < -0.4 is 5.32 Å². The van der Waals surface area contributed by atoms with Crippen LogP contribution in [0.15, 0.2) is 10.3 Å². The Balaban J connectivity index is 4.39. The van der Waals surface area contributed by atoms with E-state index in [1.807, 2.05) is 0 Å². The normalized spacial score (nSPS) is 12.3. The molecule has 0 aromatic heterocycles. The molecular weight excluding hydrogens is 206 g/mol. The summed E-state index contributed by atoms with van der Waals surface area (Å²) in [5.41, 5.74) is 0.545. The average Bonchev–Trinajstić information content (AvgIpc) is 2.18. The number of oxime groups is 2. The molecule has 0 aliphatic heterocycles. The van der Waals surface area contributed by atoms with Crippen LogP contribution in [0.2, 0.25) is 0 Å². The number of nitrogens with zero attached hydrogens (tertiary/aromatic N) is 2. The number of thioether (sulfide) groups is 1. The Morgan fingerprint density at radius 2 is 2.07 bits per heavy atom. The lowest BCUT2D eigenvalue weighted by Gasteiger charge is -2.00. The molecule has 0 saturated carbocycles. The number of amides is 1. The maximum absolute atomic E-state index is 10.7. The van der Waals surface area contributed by atoms with E-state index >= 15 is 0 Å². The van der Waals surface area contributed by atoms with Gasteiger partial charge in [0.25, 0.3) is 0 Å². The maximum Gasteiger partial charge on any atom is 0.433 e. The third kappa shape index (κ3) is 4.70. The zero-order valence-corrected chi connectivity index (χ0v) is 9.34. The fraction of sp³-hybridized carbons (Fsp3) is 0.571. The van der Waals surface area contributed by atoms with Crippen molar-refractivity contribution in [3.63, 3.8) is 0 Å². The molecule has 0 fully saturated rings. The molecule has 0 aromatic rings. The topological polar surface area (TPSA) is 72.3 Å². The highest BCUT2D eigenvalue weighted by Gasteiger charge is 2.05. The number of carbonyl (C=O) groups is 1. The Morgan fingerprint density at radius 1 is 1.43 bits per heavy atom. The third-order valence-corrected chi connectivity index (χ3v) is 1.90. The van der Waals surface area contributed by atoms with Gasteiger partial charge >= 0.3 is 6.09 Å². The highest BCUT2D eigenvalue weighted by molar-refractivity contribution is 8.15. The first-order chi connectivity index (χ1) is 6.65. The molecule has 0 aliphatic rings. The molecule has 0 unspecified atom stereocenters. The monoisotopic (exact) mass is 219 g/mol. The van der Waals surface area contributed by atoms with Crippen LogP contribution >= 0.6 is 11.8 Å². The summed E-state index contributed by atoms with van der Waals surface area (Å²) < 4.78 is 0. The SMILES string of the molecule is CNC(=O)ON=C(SC)C(C)=NOC. The summed E-state index contributed by atoms with van der Waals surface area (Å²) in [6, 6.07) is 0. The molecule has 7 heteroatoms. The molecule has 1 amide bonds. The fourth-order valence-corrected chi connectivity index (χ4v) is 1.00. The second-order valence-corrected chi connectivity index (χ2v) is 2.88. The van der Waals surface area contributed by atoms with Crippen molar-refractivity contribution in [2.75, 3.05) is 20.4 Å². The van der Waals surface area contributed by atoms with E-state index in [1.165, 1.54) is 25.9 Å².